The van der Waals surface area contributed by atoms with E-state index in [-0.39, 0.29) is 27.7 Å². The topological polar surface area (TPSA) is 133 Å². The van der Waals surface area contributed by atoms with E-state index in [9.17, 15) is 8.42 Å². The summed E-state index contributed by atoms with van der Waals surface area (Å²) in [6, 6.07) is 9.72. The van der Waals surface area contributed by atoms with Crippen LogP contribution >= 0.6 is 22.9 Å². The van der Waals surface area contributed by atoms with Crippen LogP contribution < -0.4 is 10.5 Å². The molecule has 4 heterocycles. The summed E-state index contributed by atoms with van der Waals surface area (Å²) in [5.41, 5.74) is 7.85. The number of aromatic nitrogens is 3. The molecule has 1 aromatic carbocycles. The van der Waals surface area contributed by atoms with Crippen molar-refractivity contribution in [1.29, 1.82) is 0 Å². The zero-order valence-corrected chi connectivity index (χ0v) is 20.2. The van der Waals surface area contributed by atoms with Gasteiger partial charge in [0.15, 0.2) is 0 Å². The van der Waals surface area contributed by atoms with Crippen LogP contribution in [-0.2, 0) is 14.8 Å². The molecule has 176 valence electrons. The third-order valence-corrected chi connectivity index (χ3v) is 8.28. The van der Waals surface area contributed by atoms with Crippen LogP contribution in [0.3, 0.4) is 0 Å². The molecule has 0 unspecified atom stereocenters. The van der Waals surface area contributed by atoms with E-state index in [4.69, 9.17) is 31.5 Å². The van der Waals surface area contributed by atoms with Gasteiger partial charge in [-0.1, -0.05) is 23.7 Å². The summed E-state index contributed by atoms with van der Waals surface area (Å²) < 4.78 is 38.4. The fourth-order valence-corrected chi connectivity index (χ4v) is 6.26. The Morgan fingerprint density at radius 3 is 2.68 bits per heavy atom. The second-order valence-corrected chi connectivity index (χ2v) is 10.6. The third-order valence-electron chi connectivity index (χ3n) is 5.38. The lowest BCUT2D eigenvalue weighted by Crippen LogP contribution is -2.13. The Kier molecular flexibility index (Phi) is 6.26. The maximum absolute atomic E-state index is 12.7. The van der Waals surface area contributed by atoms with Crippen molar-refractivity contribution in [2.75, 3.05) is 23.7 Å². The van der Waals surface area contributed by atoms with Crippen LogP contribution in [0.1, 0.15) is 23.8 Å². The molecule has 1 fully saturated rings. The van der Waals surface area contributed by atoms with Gasteiger partial charge in [-0.05, 0) is 37.1 Å². The molecule has 4 aromatic rings. The molecule has 0 saturated carbocycles. The van der Waals surface area contributed by atoms with E-state index < -0.39 is 10.0 Å². The number of nitrogen functional groups attached to an aromatic ring is 1. The summed E-state index contributed by atoms with van der Waals surface area (Å²) in [5.74, 6) is 0.403. The van der Waals surface area contributed by atoms with E-state index in [2.05, 4.69) is 14.7 Å². The zero-order chi connectivity index (χ0) is 23.7. The average Bonchev–Trinajstić information content (AvgIpc) is 3.52. The van der Waals surface area contributed by atoms with Crippen molar-refractivity contribution in [3.05, 3.63) is 58.9 Å². The number of nitrogens with two attached hydrogens (primary N) is 1. The van der Waals surface area contributed by atoms with Crippen LogP contribution in [0.15, 0.2) is 58.4 Å². The summed E-state index contributed by atoms with van der Waals surface area (Å²) in [5, 5.41) is 0.953. The molecular formula is C22H20ClN5O4S2. The third kappa shape index (κ3) is 4.51. The van der Waals surface area contributed by atoms with Crippen LogP contribution in [0.4, 0.5) is 11.6 Å². The number of nitrogens with one attached hydrogen (secondary N) is 1. The molecule has 0 radical (unpaired) electrons. The van der Waals surface area contributed by atoms with Gasteiger partial charge in [0.2, 0.25) is 11.0 Å². The van der Waals surface area contributed by atoms with Crippen molar-refractivity contribution >= 4 is 44.6 Å². The highest BCUT2D eigenvalue weighted by Crippen LogP contribution is 2.44. The molecule has 1 saturated heterocycles. The van der Waals surface area contributed by atoms with Crippen molar-refractivity contribution < 1.29 is 17.6 Å². The van der Waals surface area contributed by atoms with Gasteiger partial charge in [0.25, 0.3) is 10.0 Å². The molecule has 3 N–H and O–H groups in total. The molecule has 0 amide bonds. The number of halogens is 1. The molecule has 0 aliphatic carbocycles. The Hall–Kier alpha value is -2.99. The van der Waals surface area contributed by atoms with E-state index in [1.165, 1.54) is 29.7 Å². The number of furan rings is 1. The van der Waals surface area contributed by atoms with Crippen molar-refractivity contribution in [3.63, 3.8) is 0 Å². The molecule has 34 heavy (non-hydrogen) atoms. The monoisotopic (exact) mass is 517 g/mol. The number of sulfonamides is 1. The van der Waals surface area contributed by atoms with Gasteiger partial charge >= 0.3 is 0 Å². The smallest absolute Gasteiger partial charge is 0.295 e. The van der Waals surface area contributed by atoms with E-state index >= 15 is 0 Å². The zero-order valence-electron chi connectivity index (χ0n) is 17.8. The lowest BCUT2D eigenvalue weighted by molar-refractivity contribution is 0.0853. The minimum atomic E-state index is -3.94. The van der Waals surface area contributed by atoms with Gasteiger partial charge in [-0.15, -0.1) is 11.3 Å². The first-order valence-electron chi connectivity index (χ1n) is 10.4. The van der Waals surface area contributed by atoms with Gasteiger partial charge in [-0.25, -0.2) is 15.0 Å². The van der Waals surface area contributed by atoms with Crippen LogP contribution in [0.5, 0.6) is 0 Å². The highest BCUT2D eigenvalue weighted by molar-refractivity contribution is 7.92. The van der Waals surface area contributed by atoms with Gasteiger partial charge in [0, 0.05) is 30.9 Å². The van der Waals surface area contributed by atoms with Crippen molar-refractivity contribution in [2.24, 2.45) is 0 Å². The Labute approximate surface area is 205 Å². The van der Waals surface area contributed by atoms with Crippen LogP contribution in [0.25, 0.3) is 21.8 Å². The van der Waals surface area contributed by atoms with E-state index in [0.29, 0.717) is 30.2 Å². The van der Waals surface area contributed by atoms with Gasteiger partial charge in [-0.2, -0.15) is 8.42 Å². The second kappa shape index (κ2) is 9.34. The molecule has 1 aliphatic heterocycles. The molecular weight excluding hydrogens is 498 g/mol. The Bertz CT molecular complexity index is 1420. The van der Waals surface area contributed by atoms with Crippen LogP contribution in [0.2, 0.25) is 5.02 Å². The highest BCUT2D eigenvalue weighted by atomic mass is 35.5. The van der Waals surface area contributed by atoms with Gasteiger partial charge in [0.1, 0.15) is 0 Å². The highest BCUT2D eigenvalue weighted by Gasteiger charge is 2.26. The number of nitrogens with zero attached hydrogens (tertiary/aromatic N) is 3. The standard InChI is InChI=1S/C22H20ClN5O4S2/c23-18-14(3-1-4-15(18)28-34(29,30)17-5-2-10-32-17)19-20(16-6-9-25-22(24)26-16)33-21(27-19)13-7-11-31-12-8-13/h1-6,9-10,13,28H,7-8,11-12H2,(H2,24,25,26). The summed E-state index contributed by atoms with van der Waals surface area (Å²) in [6.07, 6.45) is 4.62. The van der Waals surface area contributed by atoms with E-state index in [1.54, 1.807) is 30.5 Å². The molecule has 0 bridgehead atoms. The van der Waals surface area contributed by atoms with E-state index in [1.807, 2.05) is 0 Å². The number of rotatable bonds is 6. The second-order valence-electron chi connectivity index (χ2n) is 7.62. The molecule has 0 atom stereocenters. The molecule has 9 nitrogen and oxygen atoms in total. The summed E-state index contributed by atoms with van der Waals surface area (Å²) in [4.78, 5) is 14.1. The first kappa shape index (κ1) is 22.8. The predicted molar refractivity (Wildman–Crippen MR) is 130 cm³/mol. The van der Waals surface area contributed by atoms with Gasteiger partial charge in [0.05, 0.1) is 38.2 Å². The lowest BCUT2D eigenvalue weighted by Gasteiger charge is -2.19. The first-order valence-corrected chi connectivity index (χ1v) is 13.1. The maximum Gasteiger partial charge on any atom is 0.295 e. The predicted octanol–water partition coefficient (Wildman–Crippen LogP) is 4.79. The minimum Gasteiger partial charge on any atom is -0.451 e. The fourth-order valence-electron chi connectivity index (χ4n) is 3.72. The van der Waals surface area contributed by atoms with Gasteiger partial charge in [-0.3, -0.25) is 4.72 Å². The number of thiazole rings is 1. The van der Waals surface area contributed by atoms with Crippen LogP contribution in [0, 0.1) is 0 Å². The summed E-state index contributed by atoms with van der Waals surface area (Å²) in [7, 11) is -3.94. The lowest BCUT2D eigenvalue weighted by atomic mass is 10.0. The number of hydrogen-bond donors (Lipinski definition) is 2. The number of hydrogen-bond acceptors (Lipinski definition) is 9. The van der Waals surface area contributed by atoms with Crippen molar-refractivity contribution in [3.8, 4) is 21.8 Å². The minimum absolute atomic E-state index is 0.149. The molecule has 5 rings (SSSR count). The SMILES string of the molecule is Nc1nccc(-c2sc(C3CCOCC3)nc2-c2cccc(NS(=O)(=O)c3ccco3)c2Cl)n1. The summed E-state index contributed by atoms with van der Waals surface area (Å²) in [6.45, 7) is 1.36. The Balaban J connectivity index is 1.60. The molecule has 1 aliphatic rings. The molecule has 3 aromatic heterocycles. The number of benzene rings is 1. The van der Waals surface area contributed by atoms with Gasteiger partial charge < -0.3 is 14.9 Å². The Morgan fingerprint density at radius 1 is 1.12 bits per heavy atom. The maximum atomic E-state index is 12.7. The van der Waals surface area contributed by atoms with Crippen molar-refractivity contribution in [2.45, 2.75) is 23.9 Å². The molecule has 12 heteroatoms. The first-order chi connectivity index (χ1) is 16.4. The normalized spacial score (nSPS) is 14.9. The average molecular weight is 518 g/mol. The summed E-state index contributed by atoms with van der Waals surface area (Å²) >= 11 is 8.25. The number of ether oxygens (including phenoxy) is 1. The Morgan fingerprint density at radius 2 is 1.94 bits per heavy atom. The molecule has 0 spiro atoms. The van der Waals surface area contributed by atoms with Crippen LogP contribution in [-0.4, -0.2) is 36.6 Å². The van der Waals surface area contributed by atoms with E-state index in [0.717, 1.165) is 22.7 Å². The van der Waals surface area contributed by atoms with Crippen molar-refractivity contribution in [1.82, 2.24) is 15.0 Å². The quantitative estimate of drug-likeness (QED) is 0.373. The fraction of sp³-hybridized carbons (Fsp3) is 0.227. The number of anilines is 2. The largest absolute Gasteiger partial charge is 0.451 e.